The van der Waals surface area contributed by atoms with Crippen LogP contribution in [0.1, 0.15) is 11.1 Å². The Labute approximate surface area is 150 Å². The van der Waals surface area contributed by atoms with Crippen LogP contribution in [0.3, 0.4) is 0 Å². The first-order valence-electron chi connectivity index (χ1n) is 7.83. The van der Waals surface area contributed by atoms with Crippen molar-refractivity contribution >= 4 is 11.3 Å². The van der Waals surface area contributed by atoms with Crippen molar-refractivity contribution in [1.82, 2.24) is 15.5 Å². The smallest absolute Gasteiger partial charge is 0.203 e. The predicted octanol–water partition coefficient (Wildman–Crippen LogP) is 3.45. The summed E-state index contributed by atoms with van der Waals surface area (Å²) in [5.41, 5.74) is 3.19. The van der Waals surface area contributed by atoms with Gasteiger partial charge >= 0.3 is 0 Å². The molecule has 2 aromatic heterocycles. The summed E-state index contributed by atoms with van der Waals surface area (Å²) in [6, 6.07) is 7.97. The predicted molar refractivity (Wildman–Crippen MR) is 98.5 cm³/mol. The monoisotopic (exact) mass is 359 g/mol. The van der Waals surface area contributed by atoms with Crippen LogP contribution in [0.5, 0.6) is 17.2 Å². The third-order valence-electron chi connectivity index (χ3n) is 3.90. The topological polar surface area (TPSA) is 68.4 Å². The van der Waals surface area contributed by atoms with Crippen LogP contribution in [0.4, 0.5) is 0 Å². The number of aromatic nitrogens is 2. The van der Waals surface area contributed by atoms with E-state index in [1.54, 1.807) is 32.7 Å². The molecule has 0 aliphatic carbocycles. The number of benzene rings is 1. The lowest BCUT2D eigenvalue weighted by molar-refractivity contribution is 0.321. The number of H-pyrrole nitrogens is 1. The molecule has 0 aliphatic rings. The van der Waals surface area contributed by atoms with Gasteiger partial charge in [-0.15, -0.1) is 11.3 Å². The van der Waals surface area contributed by atoms with Crippen LogP contribution in [-0.4, -0.2) is 31.5 Å². The number of thiophene rings is 1. The second-order valence-corrected chi connectivity index (χ2v) is 6.29. The summed E-state index contributed by atoms with van der Waals surface area (Å²) in [6.45, 7) is 1.33. The van der Waals surface area contributed by atoms with E-state index in [1.807, 2.05) is 24.4 Å². The molecule has 0 aliphatic heterocycles. The fourth-order valence-electron chi connectivity index (χ4n) is 2.71. The Balaban J connectivity index is 1.72. The van der Waals surface area contributed by atoms with Crippen molar-refractivity contribution in [1.29, 1.82) is 0 Å². The summed E-state index contributed by atoms with van der Waals surface area (Å²) in [5.74, 6) is 1.94. The van der Waals surface area contributed by atoms with E-state index in [2.05, 4.69) is 27.0 Å². The van der Waals surface area contributed by atoms with Gasteiger partial charge in [0.1, 0.15) is 0 Å². The molecule has 7 heteroatoms. The first-order valence-corrected chi connectivity index (χ1v) is 8.71. The summed E-state index contributed by atoms with van der Waals surface area (Å²) < 4.78 is 16.3. The molecular weight excluding hydrogens is 338 g/mol. The van der Waals surface area contributed by atoms with E-state index in [0.717, 1.165) is 16.8 Å². The average molecular weight is 359 g/mol. The van der Waals surface area contributed by atoms with Crippen LogP contribution >= 0.6 is 11.3 Å². The minimum Gasteiger partial charge on any atom is -0.493 e. The summed E-state index contributed by atoms with van der Waals surface area (Å²) in [6.07, 6.45) is 1.86. The molecule has 0 unspecified atom stereocenters. The number of methoxy groups -OCH3 is 3. The molecule has 0 saturated carbocycles. The van der Waals surface area contributed by atoms with Crippen LogP contribution in [0.25, 0.3) is 10.6 Å². The van der Waals surface area contributed by atoms with E-state index >= 15 is 0 Å². The Kier molecular flexibility index (Phi) is 5.57. The molecule has 132 valence electrons. The Morgan fingerprint density at radius 2 is 1.80 bits per heavy atom. The van der Waals surface area contributed by atoms with Gasteiger partial charge in [0.15, 0.2) is 11.5 Å². The first-order chi connectivity index (χ1) is 12.3. The van der Waals surface area contributed by atoms with Crippen LogP contribution in [-0.2, 0) is 13.1 Å². The molecular formula is C18H21N3O3S. The molecule has 0 atom stereocenters. The van der Waals surface area contributed by atoms with Gasteiger partial charge < -0.3 is 19.5 Å². The highest BCUT2D eigenvalue weighted by molar-refractivity contribution is 7.13. The lowest BCUT2D eigenvalue weighted by Gasteiger charge is -2.16. The Hall–Kier alpha value is -2.51. The second-order valence-electron chi connectivity index (χ2n) is 5.34. The average Bonchev–Trinajstić information content (AvgIpc) is 3.32. The summed E-state index contributed by atoms with van der Waals surface area (Å²) >= 11 is 1.69. The molecule has 3 aromatic rings. The molecule has 0 fully saturated rings. The van der Waals surface area contributed by atoms with Crippen molar-refractivity contribution in [2.24, 2.45) is 0 Å². The molecule has 0 bridgehead atoms. The van der Waals surface area contributed by atoms with Gasteiger partial charge in [0, 0.05) is 24.2 Å². The zero-order valence-corrected chi connectivity index (χ0v) is 15.3. The molecule has 2 N–H and O–H groups in total. The van der Waals surface area contributed by atoms with E-state index in [9.17, 15) is 0 Å². The van der Waals surface area contributed by atoms with Crippen molar-refractivity contribution < 1.29 is 14.2 Å². The molecule has 3 rings (SSSR count). The number of aromatic amines is 1. The van der Waals surface area contributed by atoms with Crippen LogP contribution < -0.4 is 19.5 Å². The Bertz CT molecular complexity index is 815. The Morgan fingerprint density at radius 1 is 1.00 bits per heavy atom. The number of hydrogen-bond acceptors (Lipinski definition) is 6. The quantitative estimate of drug-likeness (QED) is 0.645. The van der Waals surface area contributed by atoms with Gasteiger partial charge in [-0.1, -0.05) is 12.1 Å². The fourth-order valence-corrected chi connectivity index (χ4v) is 3.47. The lowest BCUT2D eigenvalue weighted by Crippen LogP contribution is -2.14. The molecule has 0 amide bonds. The minimum absolute atomic E-state index is 0.604. The van der Waals surface area contributed by atoms with E-state index in [1.165, 1.54) is 4.88 Å². The maximum Gasteiger partial charge on any atom is 0.203 e. The molecule has 2 heterocycles. The van der Waals surface area contributed by atoms with Gasteiger partial charge in [-0.25, -0.2) is 0 Å². The highest BCUT2D eigenvalue weighted by atomic mass is 32.1. The number of ether oxygens (including phenoxy) is 3. The molecule has 25 heavy (non-hydrogen) atoms. The SMILES string of the molecule is COc1ccc(CNCc2cn[nH]c2-c2cccs2)c(OC)c1OC. The number of rotatable bonds is 8. The van der Waals surface area contributed by atoms with Crippen molar-refractivity contribution in [3.05, 3.63) is 47.0 Å². The lowest BCUT2D eigenvalue weighted by atomic mass is 10.1. The van der Waals surface area contributed by atoms with E-state index in [0.29, 0.717) is 30.3 Å². The molecule has 0 saturated heterocycles. The fraction of sp³-hybridized carbons (Fsp3) is 0.278. The van der Waals surface area contributed by atoms with Crippen molar-refractivity contribution in [2.45, 2.75) is 13.1 Å². The third kappa shape index (κ3) is 3.62. The van der Waals surface area contributed by atoms with E-state index < -0.39 is 0 Å². The highest BCUT2D eigenvalue weighted by Gasteiger charge is 2.16. The van der Waals surface area contributed by atoms with Gasteiger partial charge in [0.2, 0.25) is 5.75 Å². The number of hydrogen-bond donors (Lipinski definition) is 2. The number of nitrogens with one attached hydrogen (secondary N) is 2. The largest absolute Gasteiger partial charge is 0.493 e. The standard InChI is InChI=1S/C18H21N3O3S/c1-22-14-7-6-12(17(23-2)18(14)24-3)9-19-10-13-11-20-21-16(13)15-5-4-8-25-15/h4-8,11,19H,9-10H2,1-3H3,(H,20,21). The van der Waals surface area contributed by atoms with Crippen LogP contribution in [0.2, 0.25) is 0 Å². The summed E-state index contributed by atoms with van der Waals surface area (Å²) in [7, 11) is 4.85. The van der Waals surface area contributed by atoms with Gasteiger partial charge in [0.05, 0.1) is 38.1 Å². The molecule has 0 radical (unpaired) electrons. The zero-order valence-electron chi connectivity index (χ0n) is 14.5. The molecule has 1 aromatic carbocycles. The number of nitrogens with zero attached hydrogens (tertiary/aromatic N) is 1. The van der Waals surface area contributed by atoms with E-state index in [4.69, 9.17) is 14.2 Å². The van der Waals surface area contributed by atoms with Gasteiger partial charge in [-0.2, -0.15) is 5.10 Å². The molecule has 0 spiro atoms. The van der Waals surface area contributed by atoms with Crippen molar-refractivity contribution in [3.63, 3.8) is 0 Å². The maximum atomic E-state index is 5.52. The van der Waals surface area contributed by atoms with E-state index in [-0.39, 0.29) is 0 Å². The zero-order chi connectivity index (χ0) is 17.6. The second kappa shape index (κ2) is 8.04. The Morgan fingerprint density at radius 3 is 2.48 bits per heavy atom. The maximum absolute atomic E-state index is 5.52. The first kappa shape index (κ1) is 17.3. The minimum atomic E-state index is 0.604. The van der Waals surface area contributed by atoms with Crippen molar-refractivity contribution in [2.75, 3.05) is 21.3 Å². The van der Waals surface area contributed by atoms with Crippen molar-refractivity contribution in [3.8, 4) is 27.8 Å². The summed E-state index contributed by atoms with van der Waals surface area (Å²) in [4.78, 5) is 1.18. The van der Waals surface area contributed by atoms with Gasteiger partial charge in [-0.05, 0) is 17.5 Å². The third-order valence-corrected chi connectivity index (χ3v) is 4.79. The normalized spacial score (nSPS) is 10.7. The van der Waals surface area contributed by atoms with Gasteiger partial charge in [-0.3, -0.25) is 5.10 Å². The van der Waals surface area contributed by atoms with Gasteiger partial charge in [0.25, 0.3) is 0 Å². The highest BCUT2D eigenvalue weighted by Crippen LogP contribution is 2.39. The summed E-state index contributed by atoms with van der Waals surface area (Å²) in [5, 5.41) is 12.7. The van der Waals surface area contributed by atoms with Crippen LogP contribution in [0, 0.1) is 0 Å². The molecule has 6 nitrogen and oxygen atoms in total. The van der Waals surface area contributed by atoms with Crippen LogP contribution in [0.15, 0.2) is 35.8 Å².